The van der Waals surface area contributed by atoms with Crippen molar-refractivity contribution < 1.29 is 9.63 Å². The van der Waals surface area contributed by atoms with E-state index >= 15 is 0 Å². The fourth-order valence-electron chi connectivity index (χ4n) is 2.02. The Labute approximate surface area is 108 Å². The number of rotatable bonds is 1. The summed E-state index contributed by atoms with van der Waals surface area (Å²) >= 11 is 0. The van der Waals surface area contributed by atoms with E-state index in [4.69, 9.17) is 4.84 Å². The molecule has 4 heteroatoms. The van der Waals surface area contributed by atoms with Crippen molar-refractivity contribution in [3.05, 3.63) is 35.9 Å². The summed E-state index contributed by atoms with van der Waals surface area (Å²) < 4.78 is 0. The molecule has 0 radical (unpaired) electrons. The van der Waals surface area contributed by atoms with E-state index in [0.29, 0.717) is 6.61 Å². The van der Waals surface area contributed by atoms with Crippen molar-refractivity contribution in [2.45, 2.75) is 38.8 Å². The second-order valence-electron chi connectivity index (χ2n) is 5.55. The van der Waals surface area contributed by atoms with Gasteiger partial charge in [-0.15, -0.1) is 0 Å². The van der Waals surface area contributed by atoms with Crippen molar-refractivity contribution in [1.82, 2.24) is 10.4 Å². The van der Waals surface area contributed by atoms with Crippen LogP contribution in [0.5, 0.6) is 0 Å². The number of amides is 2. The monoisotopic (exact) mass is 248 g/mol. The second-order valence-corrected chi connectivity index (χ2v) is 5.55. The van der Waals surface area contributed by atoms with Crippen molar-refractivity contribution in [2.24, 2.45) is 0 Å². The van der Waals surface area contributed by atoms with E-state index in [1.54, 1.807) is 0 Å². The van der Waals surface area contributed by atoms with Gasteiger partial charge in [-0.05, 0) is 26.3 Å². The lowest BCUT2D eigenvalue weighted by molar-refractivity contribution is -0.0891. The molecule has 0 spiro atoms. The van der Waals surface area contributed by atoms with Crippen LogP contribution in [0, 0.1) is 0 Å². The molecule has 1 aliphatic rings. The lowest BCUT2D eigenvalue weighted by Crippen LogP contribution is -2.47. The molecule has 1 unspecified atom stereocenters. The quantitative estimate of drug-likeness (QED) is 0.830. The Bertz CT molecular complexity index is 412. The SMILES string of the molecule is CC(C)(C)NC(=O)N1OCCC1c1ccccc1. The molecule has 0 saturated carbocycles. The molecule has 18 heavy (non-hydrogen) atoms. The fourth-order valence-corrected chi connectivity index (χ4v) is 2.02. The number of hydroxylamine groups is 2. The molecule has 4 nitrogen and oxygen atoms in total. The lowest BCUT2D eigenvalue weighted by atomic mass is 10.0. The molecule has 98 valence electrons. The van der Waals surface area contributed by atoms with Crippen molar-refractivity contribution in [3.8, 4) is 0 Å². The van der Waals surface area contributed by atoms with Gasteiger partial charge in [-0.25, -0.2) is 4.79 Å². The van der Waals surface area contributed by atoms with Gasteiger partial charge in [0.15, 0.2) is 0 Å². The summed E-state index contributed by atoms with van der Waals surface area (Å²) in [5.41, 5.74) is 0.851. The molecule has 1 aromatic carbocycles. The Morgan fingerprint density at radius 3 is 2.61 bits per heavy atom. The molecule has 0 aromatic heterocycles. The highest BCUT2D eigenvalue weighted by molar-refractivity contribution is 5.74. The van der Waals surface area contributed by atoms with Crippen LogP contribution in [0.2, 0.25) is 0 Å². The smallest absolute Gasteiger partial charge is 0.332 e. The number of benzene rings is 1. The van der Waals surface area contributed by atoms with Crippen LogP contribution in [-0.4, -0.2) is 23.2 Å². The van der Waals surface area contributed by atoms with Gasteiger partial charge in [-0.3, -0.25) is 4.84 Å². The van der Waals surface area contributed by atoms with Gasteiger partial charge in [0.05, 0.1) is 12.6 Å². The molecule has 0 bridgehead atoms. The minimum absolute atomic E-state index is 0.00792. The molecular formula is C14H20N2O2. The number of hydrogen-bond acceptors (Lipinski definition) is 2. The summed E-state index contributed by atoms with van der Waals surface area (Å²) in [4.78, 5) is 17.6. The molecule has 1 N–H and O–H groups in total. The van der Waals surface area contributed by atoms with Crippen molar-refractivity contribution in [1.29, 1.82) is 0 Å². The summed E-state index contributed by atoms with van der Waals surface area (Å²) in [6.45, 7) is 6.45. The largest absolute Gasteiger partial charge is 0.342 e. The van der Waals surface area contributed by atoms with Crippen LogP contribution in [0.15, 0.2) is 30.3 Å². The average Bonchev–Trinajstić information content (AvgIpc) is 2.76. The summed E-state index contributed by atoms with van der Waals surface area (Å²) in [5, 5.41) is 4.38. The van der Waals surface area contributed by atoms with Crippen LogP contribution >= 0.6 is 0 Å². The normalized spacial score (nSPS) is 19.9. The van der Waals surface area contributed by atoms with E-state index in [0.717, 1.165) is 12.0 Å². The fraction of sp³-hybridized carbons (Fsp3) is 0.500. The molecule has 1 fully saturated rings. The number of carbonyl (C=O) groups is 1. The number of hydrogen-bond donors (Lipinski definition) is 1. The average molecular weight is 248 g/mol. The standard InChI is InChI=1S/C14H20N2O2/c1-14(2,3)15-13(17)16-12(9-10-18-16)11-7-5-4-6-8-11/h4-8,12H,9-10H2,1-3H3,(H,15,17). The highest BCUT2D eigenvalue weighted by Crippen LogP contribution is 2.30. The first kappa shape index (κ1) is 12.9. The lowest BCUT2D eigenvalue weighted by Gasteiger charge is -2.28. The Hall–Kier alpha value is -1.55. The van der Waals surface area contributed by atoms with Gasteiger partial charge in [-0.1, -0.05) is 30.3 Å². The Morgan fingerprint density at radius 1 is 1.33 bits per heavy atom. The van der Waals surface area contributed by atoms with Crippen LogP contribution in [0.1, 0.15) is 38.8 Å². The molecular weight excluding hydrogens is 228 g/mol. The predicted octanol–water partition coefficient (Wildman–Crippen LogP) is 2.87. The predicted molar refractivity (Wildman–Crippen MR) is 69.9 cm³/mol. The number of nitrogens with one attached hydrogen (secondary N) is 1. The highest BCUT2D eigenvalue weighted by Gasteiger charge is 2.33. The van der Waals surface area contributed by atoms with E-state index in [9.17, 15) is 4.79 Å². The third-order valence-electron chi connectivity index (χ3n) is 2.77. The zero-order valence-corrected chi connectivity index (χ0v) is 11.1. The Balaban J connectivity index is 2.11. The number of urea groups is 1. The van der Waals surface area contributed by atoms with E-state index in [1.165, 1.54) is 5.06 Å². The maximum Gasteiger partial charge on any atom is 0.342 e. The maximum atomic E-state index is 12.1. The summed E-state index contributed by atoms with van der Waals surface area (Å²) in [6, 6.07) is 9.82. The number of carbonyl (C=O) groups excluding carboxylic acids is 1. The zero-order valence-electron chi connectivity index (χ0n) is 11.1. The topological polar surface area (TPSA) is 41.6 Å². The van der Waals surface area contributed by atoms with Crippen LogP contribution in [-0.2, 0) is 4.84 Å². The first-order valence-electron chi connectivity index (χ1n) is 6.26. The minimum Gasteiger partial charge on any atom is -0.332 e. The summed E-state index contributed by atoms with van der Waals surface area (Å²) in [7, 11) is 0. The van der Waals surface area contributed by atoms with Gasteiger partial charge in [0.2, 0.25) is 0 Å². The Morgan fingerprint density at radius 2 is 2.00 bits per heavy atom. The van der Waals surface area contributed by atoms with Crippen LogP contribution < -0.4 is 5.32 Å². The third kappa shape index (κ3) is 3.01. The molecule has 1 saturated heterocycles. The van der Waals surface area contributed by atoms with E-state index < -0.39 is 0 Å². The van der Waals surface area contributed by atoms with Gasteiger partial charge >= 0.3 is 6.03 Å². The van der Waals surface area contributed by atoms with Crippen molar-refractivity contribution >= 4 is 6.03 Å². The zero-order chi connectivity index (χ0) is 13.2. The molecule has 2 amide bonds. The first-order chi connectivity index (χ1) is 8.47. The van der Waals surface area contributed by atoms with Crippen LogP contribution in [0.25, 0.3) is 0 Å². The number of nitrogens with zero attached hydrogens (tertiary/aromatic N) is 1. The van der Waals surface area contributed by atoms with E-state index in [2.05, 4.69) is 5.32 Å². The summed E-state index contributed by atoms with van der Waals surface area (Å²) in [6.07, 6.45) is 0.835. The van der Waals surface area contributed by atoms with Crippen LogP contribution in [0.4, 0.5) is 4.79 Å². The highest BCUT2D eigenvalue weighted by atomic mass is 16.7. The van der Waals surface area contributed by atoms with Gasteiger partial charge < -0.3 is 5.32 Å². The minimum atomic E-state index is -0.260. The van der Waals surface area contributed by atoms with E-state index in [-0.39, 0.29) is 17.6 Å². The van der Waals surface area contributed by atoms with E-state index in [1.807, 2.05) is 51.1 Å². The molecule has 1 heterocycles. The first-order valence-corrected chi connectivity index (χ1v) is 6.26. The van der Waals surface area contributed by atoms with Crippen molar-refractivity contribution in [2.75, 3.05) is 6.61 Å². The van der Waals surface area contributed by atoms with Gasteiger partial charge in [0.25, 0.3) is 0 Å². The van der Waals surface area contributed by atoms with Gasteiger partial charge in [0.1, 0.15) is 0 Å². The molecule has 1 aromatic rings. The van der Waals surface area contributed by atoms with Crippen molar-refractivity contribution in [3.63, 3.8) is 0 Å². The van der Waals surface area contributed by atoms with Gasteiger partial charge in [0, 0.05) is 12.0 Å². The molecule has 1 aliphatic heterocycles. The van der Waals surface area contributed by atoms with Crippen LogP contribution in [0.3, 0.4) is 0 Å². The second kappa shape index (κ2) is 4.98. The Kier molecular flexibility index (Phi) is 3.57. The third-order valence-corrected chi connectivity index (χ3v) is 2.77. The summed E-state index contributed by atoms with van der Waals surface area (Å²) in [5.74, 6) is 0. The molecule has 1 atom stereocenters. The molecule has 0 aliphatic carbocycles. The maximum absolute atomic E-state index is 12.1. The van der Waals surface area contributed by atoms with Gasteiger partial charge in [-0.2, -0.15) is 5.06 Å². The molecule has 2 rings (SSSR count).